The fraction of sp³-hybridized carbons (Fsp3) is 0.364. The van der Waals surface area contributed by atoms with E-state index in [4.69, 9.17) is 10.5 Å². The lowest BCUT2D eigenvalue weighted by Crippen LogP contribution is -2.29. The van der Waals surface area contributed by atoms with Crippen molar-refractivity contribution in [3.63, 3.8) is 0 Å². The average molecular weight is 382 g/mol. The molecule has 2 aromatic carbocycles. The molecule has 28 heavy (non-hydrogen) atoms. The molecular weight excluding hydrogens is 356 g/mol. The SMILES string of the molecule is COc1cc(-c2ccc(C(N)=O)c(NC3CCC(O)CC3)c2)ccc1C(C)=O. The van der Waals surface area contributed by atoms with Crippen molar-refractivity contribution in [3.8, 4) is 16.9 Å². The largest absolute Gasteiger partial charge is 0.496 e. The molecule has 2 aromatic rings. The first kappa shape index (κ1) is 19.9. The van der Waals surface area contributed by atoms with Gasteiger partial charge < -0.3 is 20.9 Å². The Morgan fingerprint density at radius 2 is 1.64 bits per heavy atom. The summed E-state index contributed by atoms with van der Waals surface area (Å²) in [5.74, 6) is -0.0384. The maximum absolute atomic E-state index is 11.9. The highest BCUT2D eigenvalue weighted by molar-refractivity contribution is 6.00. The number of benzene rings is 2. The molecule has 6 nitrogen and oxygen atoms in total. The zero-order valence-electron chi connectivity index (χ0n) is 16.2. The number of nitrogens with one attached hydrogen (secondary N) is 1. The van der Waals surface area contributed by atoms with E-state index in [1.165, 1.54) is 14.0 Å². The summed E-state index contributed by atoms with van der Waals surface area (Å²) in [7, 11) is 1.53. The Morgan fingerprint density at radius 1 is 1.04 bits per heavy atom. The highest BCUT2D eigenvalue weighted by Crippen LogP contribution is 2.32. The van der Waals surface area contributed by atoms with Gasteiger partial charge in [-0.05, 0) is 68.0 Å². The minimum Gasteiger partial charge on any atom is -0.496 e. The summed E-state index contributed by atoms with van der Waals surface area (Å²) in [5, 5.41) is 13.1. The van der Waals surface area contributed by atoms with Crippen molar-refractivity contribution < 1.29 is 19.4 Å². The number of hydrogen-bond acceptors (Lipinski definition) is 5. The monoisotopic (exact) mass is 382 g/mol. The Kier molecular flexibility index (Phi) is 5.99. The molecule has 0 unspecified atom stereocenters. The summed E-state index contributed by atoms with van der Waals surface area (Å²) >= 11 is 0. The number of carbonyl (C=O) groups excluding carboxylic acids is 2. The number of rotatable bonds is 6. The van der Waals surface area contributed by atoms with Crippen LogP contribution in [0.1, 0.15) is 53.3 Å². The molecule has 0 aromatic heterocycles. The molecule has 148 valence electrons. The second-order valence-electron chi connectivity index (χ2n) is 7.25. The molecule has 6 heteroatoms. The Morgan fingerprint density at radius 3 is 2.21 bits per heavy atom. The first-order valence-corrected chi connectivity index (χ1v) is 9.47. The van der Waals surface area contributed by atoms with Crippen LogP contribution >= 0.6 is 0 Å². The Bertz CT molecular complexity index is 886. The van der Waals surface area contributed by atoms with Crippen LogP contribution < -0.4 is 15.8 Å². The van der Waals surface area contributed by atoms with Gasteiger partial charge in [-0.25, -0.2) is 0 Å². The predicted octanol–water partition coefficient (Wildman–Crippen LogP) is 3.38. The molecule has 4 N–H and O–H groups in total. The summed E-state index contributed by atoms with van der Waals surface area (Å²) in [4.78, 5) is 23.6. The topological polar surface area (TPSA) is 102 Å². The van der Waals surface area contributed by atoms with Gasteiger partial charge in [0.25, 0.3) is 5.91 Å². The molecule has 3 rings (SSSR count). The van der Waals surface area contributed by atoms with E-state index in [0.29, 0.717) is 22.6 Å². The lowest BCUT2D eigenvalue weighted by atomic mass is 9.92. The van der Waals surface area contributed by atoms with E-state index in [-0.39, 0.29) is 17.9 Å². The molecule has 0 atom stereocenters. The van der Waals surface area contributed by atoms with Crippen molar-refractivity contribution in [1.29, 1.82) is 0 Å². The van der Waals surface area contributed by atoms with Crippen LogP contribution in [-0.2, 0) is 0 Å². The van der Waals surface area contributed by atoms with Gasteiger partial charge in [-0.3, -0.25) is 9.59 Å². The molecular formula is C22H26N2O4. The van der Waals surface area contributed by atoms with Crippen molar-refractivity contribution in [2.24, 2.45) is 5.73 Å². The van der Waals surface area contributed by atoms with Crippen LogP contribution in [0.4, 0.5) is 5.69 Å². The van der Waals surface area contributed by atoms with Crippen molar-refractivity contribution in [2.45, 2.75) is 44.8 Å². The van der Waals surface area contributed by atoms with Crippen LogP contribution in [0.25, 0.3) is 11.1 Å². The van der Waals surface area contributed by atoms with Crippen molar-refractivity contribution in [1.82, 2.24) is 0 Å². The maximum Gasteiger partial charge on any atom is 0.250 e. The van der Waals surface area contributed by atoms with Crippen LogP contribution in [0.15, 0.2) is 36.4 Å². The van der Waals surface area contributed by atoms with E-state index in [9.17, 15) is 14.7 Å². The quantitative estimate of drug-likeness (QED) is 0.665. The molecule has 0 bridgehead atoms. The van der Waals surface area contributed by atoms with Crippen LogP contribution in [0.5, 0.6) is 5.75 Å². The zero-order chi connectivity index (χ0) is 20.3. The molecule has 0 spiro atoms. The number of ketones is 1. The number of aliphatic hydroxyl groups excluding tert-OH is 1. The molecule has 0 heterocycles. The molecule has 1 saturated carbocycles. The number of Topliss-reactive ketones (excluding diaryl/α,β-unsaturated/α-hetero) is 1. The smallest absolute Gasteiger partial charge is 0.250 e. The van der Waals surface area contributed by atoms with Gasteiger partial charge in [0.1, 0.15) is 5.75 Å². The van der Waals surface area contributed by atoms with Crippen molar-refractivity contribution in [2.75, 3.05) is 12.4 Å². The summed E-state index contributed by atoms with van der Waals surface area (Å²) in [6.45, 7) is 1.50. The Labute approximate surface area is 164 Å². The summed E-state index contributed by atoms with van der Waals surface area (Å²) in [6, 6.07) is 11.0. The van der Waals surface area contributed by atoms with E-state index in [1.54, 1.807) is 12.1 Å². The second kappa shape index (κ2) is 8.44. The van der Waals surface area contributed by atoms with Gasteiger partial charge in [-0.2, -0.15) is 0 Å². The van der Waals surface area contributed by atoms with E-state index >= 15 is 0 Å². The standard InChI is InChI=1S/C22H26N2O4/c1-13(25)18-9-3-15(12-21(18)28-2)14-4-10-19(22(23)27)20(11-14)24-16-5-7-17(26)8-6-16/h3-4,9-12,16-17,24,26H,5-8H2,1-2H3,(H2,23,27). The first-order chi connectivity index (χ1) is 13.4. The lowest BCUT2D eigenvalue weighted by Gasteiger charge is -2.28. The molecule has 1 amide bonds. The van der Waals surface area contributed by atoms with E-state index in [1.807, 2.05) is 24.3 Å². The number of primary amides is 1. The molecule has 1 fully saturated rings. The van der Waals surface area contributed by atoms with Crippen LogP contribution in [0.3, 0.4) is 0 Å². The number of methoxy groups -OCH3 is 1. The normalized spacial score (nSPS) is 19.1. The minimum absolute atomic E-state index is 0.0608. The van der Waals surface area contributed by atoms with Crippen LogP contribution in [-0.4, -0.2) is 36.1 Å². The van der Waals surface area contributed by atoms with Crippen molar-refractivity contribution >= 4 is 17.4 Å². The molecule has 1 aliphatic rings. The van der Waals surface area contributed by atoms with E-state index in [0.717, 1.165) is 36.8 Å². The van der Waals surface area contributed by atoms with Crippen LogP contribution in [0, 0.1) is 0 Å². The third kappa shape index (κ3) is 4.34. The number of amides is 1. The first-order valence-electron chi connectivity index (χ1n) is 9.47. The second-order valence-corrected chi connectivity index (χ2v) is 7.25. The predicted molar refractivity (Wildman–Crippen MR) is 109 cm³/mol. The third-order valence-corrected chi connectivity index (χ3v) is 5.26. The molecule has 1 aliphatic carbocycles. The Hall–Kier alpha value is -2.86. The number of anilines is 1. The average Bonchev–Trinajstić information content (AvgIpc) is 2.68. The van der Waals surface area contributed by atoms with Gasteiger partial charge in [0, 0.05) is 11.7 Å². The molecule has 0 saturated heterocycles. The third-order valence-electron chi connectivity index (χ3n) is 5.26. The van der Waals surface area contributed by atoms with Gasteiger partial charge in [-0.15, -0.1) is 0 Å². The lowest BCUT2D eigenvalue weighted by molar-refractivity contribution is 0.0995. The fourth-order valence-electron chi connectivity index (χ4n) is 3.66. The minimum atomic E-state index is -0.491. The van der Waals surface area contributed by atoms with Gasteiger partial charge in [0.2, 0.25) is 0 Å². The van der Waals surface area contributed by atoms with E-state index < -0.39 is 5.91 Å². The number of ether oxygens (including phenoxy) is 1. The van der Waals surface area contributed by atoms with Gasteiger partial charge in [0.05, 0.1) is 24.3 Å². The van der Waals surface area contributed by atoms with Crippen LogP contribution in [0.2, 0.25) is 0 Å². The number of carbonyl (C=O) groups is 2. The number of hydrogen-bond donors (Lipinski definition) is 3. The molecule has 0 aliphatic heterocycles. The maximum atomic E-state index is 11.9. The van der Waals surface area contributed by atoms with Gasteiger partial charge >= 0.3 is 0 Å². The summed E-state index contributed by atoms with van der Waals surface area (Å²) in [5.41, 5.74) is 8.95. The number of nitrogens with two attached hydrogens (primary N) is 1. The van der Waals surface area contributed by atoms with Gasteiger partial charge in [0.15, 0.2) is 5.78 Å². The Balaban J connectivity index is 1.94. The summed E-state index contributed by atoms with van der Waals surface area (Å²) < 4.78 is 5.36. The van der Waals surface area contributed by atoms with Gasteiger partial charge in [-0.1, -0.05) is 12.1 Å². The highest BCUT2D eigenvalue weighted by Gasteiger charge is 2.21. The summed E-state index contributed by atoms with van der Waals surface area (Å²) in [6.07, 6.45) is 2.92. The molecule has 0 radical (unpaired) electrons. The highest BCUT2D eigenvalue weighted by atomic mass is 16.5. The number of aliphatic hydroxyl groups is 1. The fourth-order valence-corrected chi connectivity index (χ4v) is 3.66. The van der Waals surface area contributed by atoms with E-state index in [2.05, 4.69) is 5.32 Å². The van der Waals surface area contributed by atoms with Crippen molar-refractivity contribution in [3.05, 3.63) is 47.5 Å². The zero-order valence-corrected chi connectivity index (χ0v) is 16.2.